The number of piperidine rings is 1. The summed E-state index contributed by atoms with van der Waals surface area (Å²) in [7, 11) is 4.05. The van der Waals surface area contributed by atoms with Crippen LogP contribution in [0.15, 0.2) is 6.58 Å². The number of hydrogen-bond acceptors (Lipinski definition) is 6. The molecule has 0 aromatic carbocycles. The fraction of sp³-hybridized carbons (Fsp3) is 0.882. The van der Waals surface area contributed by atoms with Crippen molar-refractivity contribution in [3.63, 3.8) is 0 Å². The van der Waals surface area contributed by atoms with Crippen LogP contribution in [-0.4, -0.2) is 75.2 Å². The molecule has 0 spiro atoms. The SMILES string of the molecule is C.CC.CCCCCCCCC(CCCCCC)COC(=O)CCN(C)CCOC(=O)C1CCN(C)CC1.[CH-]=C.[V]. The minimum atomic E-state index is -0.110. The molecular weight excluding hydrogens is 551 g/mol. The van der Waals surface area contributed by atoms with Gasteiger partial charge in [0, 0.05) is 31.6 Å². The molecule has 0 N–H and O–H groups in total. The minimum absolute atomic E-state index is 0. The molecule has 1 saturated heterocycles. The number of likely N-dealkylation sites (N-methyl/N-ethyl adjacent to an activating group) is 1. The molecule has 0 aliphatic carbocycles. The van der Waals surface area contributed by atoms with Crippen molar-refractivity contribution in [3.8, 4) is 0 Å². The van der Waals surface area contributed by atoms with E-state index in [4.69, 9.17) is 9.47 Å². The second-order valence-corrected chi connectivity index (χ2v) is 10.8. The molecule has 0 amide bonds. The first-order chi connectivity index (χ1) is 19.0. The van der Waals surface area contributed by atoms with Gasteiger partial charge in [-0.2, -0.15) is 0 Å². The van der Waals surface area contributed by atoms with Crippen molar-refractivity contribution in [1.29, 1.82) is 0 Å². The van der Waals surface area contributed by atoms with Crippen LogP contribution in [0.25, 0.3) is 0 Å². The summed E-state index contributed by atoms with van der Waals surface area (Å²) in [4.78, 5) is 28.9. The van der Waals surface area contributed by atoms with Crippen LogP contribution >= 0.6 is 0 Å². The molecule has 1 heterocycles. The third-order valence-electron chi connectivity index (χ3n) is 7.38. The molecule has 1 atom stereocenters. The second kappa shape index (κ2) is 35.4. The van der Waals surface area contributed by atoms with Gasteiger partial charge in [0.05, 0.1) is 18.9 Å². The van der Waals surface area contributed by atoms with Crippen LogP contribution in [0.1, 0.15) is 131 Å². The molecule has 6 nitrogen and oxygen atoms in total. The Labute approximate surface area is 268 Å². The average Bonchev–Trinajstić information content (AvgIpc) is 2.96. The monoisotopic (exact) mass is 620 g/mol. The number of carbonyl (C=O) groups excluding carboxylic acids is 2. The van der Waals surface area contributed by atoms with Crippen LogP contribution in [0.4, 0.5) is 0 Å². The molecule has 1 aliphatic heterocycles. The summed E-state index contributed by atoms with van der Waals surface area (Å²) in [5.41, 5.74) is 0. The summed E-state index contributed by atoms with van der Waals surface area (Å²) in [6.45, 7) is 19.6. The zero-order valence-electron chi connectivity index (χ0n) is 27.3. The van der Waals surface area contributed by atoms with Gasteiger partial charge in [-0.1, -0.05) is 99.3 Å². The molecular formula is C34H69N2O4V-. The van der Waals surface area contributed by atoms with E-state index in [1.165, 1.54) is 77.0 Å². The Morgan fingerprint density at radius 1 is 0.878 bits per heavy atom. The molecule has 0 saturated carbocycles. The largest absolute Gasteiger partial charge is 0.521 e. The second-order valence-electron chi connectivity index (χ2n) is 10.8. The van der Waals surface area contributed by atoms with Crippen molar-refractivity contribution in [1.82, 2.24) is 9.80 Å². The summed E-state index contributed by atoms with van der Waals surface area (Å²) in [5, 5.41) is 0. The van der Waals surface area contributed by atoms with Crippen LogP contribution in [0, 0.1) is 18.4 Å². The predicted octanol–water partition coefficient (Wildman–Crippen LogP) is 8.34. The summed E-state index contributed by atoms with van der Waals surface area (Å²) in [6.07, 6.45) is 17.4. The molecule has 0 bridgehead atoms. The van der Waals surface area contributed by atoms with Gasteiger partial charge in [-0.3, -0.25) is 16.2 Å². The third kappa shape index (κ3) is 29.1. The van der Waals surface area contributed by atoms with Crippen LogP contribution in [-0.2, 0) is 37.6 Å². The zero-order chi connectivity index (χ0) is 29.7. The topological polar surface area (TPSA) is 59.1 Å². The molecule has 1 unspecified atom stereocenters. The Kier molecular flexibility index (Phi) is 40.7. The van der Waals surface area contributed by atoms with Crippen LogP contribution in [0.3, 0.4) is 0 Å². The Morgan fingerprint density at radius 3 is 1.90 bits per heavy atom. The Hall–Kier alpha value is -0.816. The van der Waals surface area contributed by atoms with Crippen molar-refractivity contribution in [2.45, 2.75) is 131 Å². The van der Waals surface area contributed by atoms with Gasteiger partial charge in [0.25, 0.3) is 0 Å². The molecule has 1 radical (unpaired) electrons. The number of carbonyl (C=O) groups is 2. The van der Waals surface area contributed by atoms with Gasteiger partial charge in [0.15, 0.2) is 0 Å². The Balaban J connectivity index is -0.00000109. The maximum atomic E-state index is 12.4. The zero-order valence-corrected chi connectivity index (χ0v) is 28.7. The molecule has 1 aliphatic rings. The summed E-state index contributed by atoms with van der Waals surface area (Å²) < 4.78 is 11.2. The first-order valence-corrected chi connectivity index (χ1v) is 16.1. The van der Waals surface area contributed by atoms with E-state index >= 15 is 0 Å². The van der Waals surface area contributed by atoms with Gasteiger partial charge >= 0.3 is 11.9 Å². The number of rotatable bonds is 21. The predicted molar refractivity (Wildman–Crippen MR) is 173 cm³/mol. The normalized spacial score (nSPS) is 13.8. The maximum Gasteiger partial charge on any atom is 0.309 e. The van der Waals surface area contributed by atoms with Gasteiger partial charge in [-0.05, 0) is 58.8 Å². The fourth-order valence-corrected chi connectivity index (χ4v) is 4.73. The van der Waals surface area contributed by atoms with Crippen molar-refractivity contribution < 1.29 is 37.6 Å². The van der Waals surface area contributed by atoms with Gasteiger partial charge in [-0.15, -0.1) is 0 Å². The number of esters is 2. The van der Waals surface area contributed by atoms with Crippen molar-refractivity contribution >= 4 is 11.9 Å². The van der Waals surface area contributed by atoms with E-state index in [0.29, 0.717) is 38.6 Å². The van der Waals surface area contributed by atoms with Gasteiger partial charge in [0.1, 0.15) is 6.61 Å². The average molecular weight is 621 g/mol. The van der Waals surface area contributed by atoms with Crippen molar-refractivity contribution in [3.05, 3.63) is 13.2 Å². The summed E-state index contributed by atoms with van der Waals surface area (Å²) in [6, 6.07) is 0. The van der Waals surface area contributed by atoms with E-state index in [2.05, 4.69) is 39.0 Å². The molecule has 0 aromatic rings. The van der Waals surface area contributed by atoms with Gasteiger partial charge in [0.2, 0.25) is 0 Å². The first kappa shape index (κ1) is 47.1. The number of ether oxygens (including phenoxy) is 2. The summed E-state index contributed by atoms with van der Waals surface area (Å²) in [5.74, 6) is 0.361. The summed E-state index contributed by atoms with van der Waals surface area (Å²) >= 11 is 0. The van der Waals surface area contributed by atoms with Gasteiger partial charge < -0.3 is 25.9 Å². The molecule has 41 heavy (non-hydrogen) atoms. The van der Waals surface area contributed by atoms with E-state index in [1.54, 1.807) is 0 Å². The molecule has 1 fully saturated rings. The van der Waals surface area contributed by atoms with Crippen molar-refractivity contribution in [2.75, 3.05) is 53.5 Å². The first-order valence-electron chi connectivity index (χ1n) is 16.1. The number of hydrogen-bond donors (Lipinski definition) is 0. The minimum Gasteiger partial charge on any atom is -0.521 e. The van der Waals surface area contributed by atoms with Crippen LogP contribution in [0.2, 0.25) is 0 Å². The molecule has 0 aromatic heterocycles. The van der Waals surface area contributed by atoms with Crippen molar-refractivity contribution in [2.24, 2.45) is 11.8 Å². The fourth-order valence-electron chi connectivity index (χ4n) is 4.73. The molecule has 1 rings (SSSR count). The number of unbranched alkanes of at least 4 members (excludes halogenated alkanes) is 8. The van der Waals surface area contributed by atoms with E-state index in [9.17, 15) is 9.59 Å². The van der Waals surface area contributed by atoms with E-state index in [0.717, 1.165) is 25.9 Å². The van der Waals surface area contributed by atoms with E-state index in [-0.39, 0.29) is 43.8 Å². The third-order valence-corrected chi connectivity index (χ3v) is 7.38. The number of likely N-dealkylation sites (tertiary alicyclic amines) is 1. The van der Waals surface area contributed by atoms with E-state index < -0.39 is 0 Å². The Morgan fingerprint density at radius 2 is 1.37 bits per heavy atom. The standard InChI is InChI=1S/C29H56N2O4.C2H6.C2H3.CH4.V/c1-5-7-9-11-12-14-16-26(15-13-10-8-6-2)25-35-28(32)19-22-31(4)23-24-34-29(33)27-17-20-30(3)21-18-27;2*1-2;;/h26-27H,5-25H2,1-4H3;1-2H3;1H,2H2;1H4;/q;;-1;;. The molecule has 7 heteroatoms. The van der Waals surface area contributed by atoms with Crippen LogP contribution in [0.5, 0.6) is 0 Å². The van der Waals surface area contributed by atoms with Crippen LogP contribution < -0.4 is 0 Å². The molecule has 245 valence electrons. The smallest absolute Gasteiger partial charge is 0.309 e. The van der Waals surface area contributed by atoms with E-state index in [1.807, 2.05) is 25.8 Å². The number of nitrogens with zero attached hydrogens (tertiary/aromatic N) is 2. The quantitative estimate of drug-likeness (QED) is 0.0731. The Bertz CT molecular complexity index is 557. The van der Waals surface area contributed by atoms with Gasteiger partial charge in [-0.25, -0.2) is 0 Å². The maximum absolute atomic E-state index is 12.4.